The number of nitrogens with one attached hydrogen (secondary N) is 1. The van der Waals surface area contributed by atoms with E-state index in [1.165, 1.54) is 0 Å². The number of hydrogen-bond donors (Lipinski definition) is 1. The van der Waals surface area contributed by atoms with Gasteiger partial charge in [-0.3, -0.25) is 9.59 Å². The maximum absolute atomic E-state index is 12.8. The first kappa shape index (κ1) is 27.1. The molecule has 1 aliphatic heterocycles. The van der Waals surface area contributed by atoms with Gasteiger partial charge < -0.3 is 9.47 Å². The lowest BCUT2D eigenvalue weighted by atomic mass is 10.1. The van der Waals surface area contributed by atoms with E-state index in [1.54, 1.807) is 42.2 Å². The van der Waals surface area contributed by atoms with Gasteiger partial charge in [-0.15, -0.1) is 11.8 Å². The molecule has 0 radical (unpaired) electrons. The first-order valence-corrected chi connectivity index (χ1v) is 14.1. The summed E-state index contributed by atoms with van der Waals surface area (Å²) in [5.74, 6) is 0.241. The van der Waals surface area contributed by atoms with Crippen LogP contribution in [0.1, 0.15) is 43.8 Å². The first-order chi connectivity index (χ1) is 18.8. The number of nitrogens with zero attached hydrogens (tertiary/aromatic N) is 3. The van der Waals surface area contributed by atoms with Gasteiger partial charge in [0.15, 0.2) is 0 Å². The third-order valence-electron chi connectivity index (χ3n) is 6.61. The SMILES string of the molecule is Cc1cc(/C=N/NC(=O)c2ccc(C3SCC(=O)N3Cc3ccccc3)cc2)c(C)n1-c1ccc(Cl)cc1Cl. The van der Waals surface area contributed by atoms with Crippen molar-refractivity contribution >= 4 is 53.0 Å². The van der Waals surface area contributed by atoms with Crippen molar-refractivity contribution in [3.8, 4) is 5.69 Å². The predicted octanol–water partition coefficient (Wildman–Crippen LogP) is 6.94. The second-order valence-corrected chi connectivity index (χ2v) is 11.2. The van der Waals surface area contributed by atoms with Crippen molar-refractivity contribution in [1.29, 1.82) is 0 Å². The number of hydrogen-bond acceptors (Lipinski definition) is 4. The summed E-state index contributed by atoms with van der Waals surface area (Å²) in [5.41, 5.74) is 8.75. The molecule has 0 aliphatic carbocycles. The van der Waals surface area contributed by atoms with Gasteiger partial charge in [-0.2, -0.15) is 5.10 Å². The second-order valence-electron chi connectivity index (χ2n) is 9.25. The summed E-state index contributed by atoms with van der Waals surface area (Å²) < 4.78 is 2.02. The molecule has 2 amide bonds. The lowest BCUT2D eigenvalue weighted by Crippen LogP contribution is -2.27. The van der Waals surface area contributed by atoms with Gasteiger partial charge in [0, 0.05) is 34.1 Å². The summed E-state index contributed by atoms with van der Waals surface area (Å²) in [7, 11) is 0. The van der Waals surface area contributed by atoms with Crippen molar-refractivity contribution in [2.45, 2.75) is 25.8 Å². The van der Waals surface area contributed by atoms with E-state index in [2.05, 4.69) is 10.5 Å². The number of benzene rings is 3. The van der Waals surface area contributed by atoms with Crippen molar-refractivity contribution in [2.24, 2.45) is 5.10 Å². The fourth-order valence-corrected chi connectivity index (χ4v) is 6.34. The van der Waals surface area contributed by atoms with Crippen LogP contribution in [0.3, 0.4) is 0 Å². The number of aromatic nitrogens is 1. The van der Waals surface area contributed by atoms with Crippen molar-refractivity contribution < 1.29 is 9.59 Å². The minimum absolute atomic E-state index is 0.0859. The number of carbonyl (C=O) groups excluding carboxylic acids is 2. The minimum Gasteiger partial charge on any atom is -0.322 e. The van der Waals surface area contributed by atoms with Crippen LogP contribution in [0.2, 0.25) is 10.0 Å². The van der Waals surface area contributed by atoms with E-state index < -0.39 is 0 Å². The molecule has 1 saturated heterocycles. The largest absolute Gasteiger partial charge is 0.322 e. The lowest BCUT2D eigenvalue weighted by Gasteiger charge is -2.24. The van der Waals surface area contributed by atoms with Crippen LogP contribution in [0.25, 0.3) is 5.69 Å². The Morgan fingerprint density at radius 3 is 2.51 bits per heavy atom. The highest BCUT2D eigenvalue weighted by Gasteiger charge is 2.32. The standard InChI is InChI=1S/C30H26Cl2N4O2S/c1-19-14-24(20(2)36(19)27-13-12-25(31)15-26(27)32)16-33-34-29(38)22-8-10-23(11-9-22)30-35(28(37)18-39-30)17-21-6-4-3-5-7-21/h3-16,30H,17-18H2,1-2H3,(H,34,38)/b33-16+. The number of aryl methyl sites for hydroxylation is 1. The summed E-state index contributed by atoms with van der Waals surface area (Å²) >= 11 is 14.1. The molecule has 2 heterocycles. The van der Waals surface area contributed by atoms with Crippen molar-refractivity contribution in [3.05, 3.63) is 123 Å². The number of halogens is 2. The van der Waals surface area contributed by atoms with Crippen LogP contribution in [-0.2, 0) is 11.3 Å². The average molecular weight is 578 g/mol. The number of hydrazone groups is 1. The van der Waals surface area contributed by atoms with Gasteiger partial charge >= 0.3 is 0 Å². The molecule has 1 atom stereocenters. The number of rotatable bonds is 7. The third-order valence-corrected chi connectivity index (χ3v) is 8.41. The molecule has 0 bridgehead atoms. The quantitative estimate of drug-likeness (QED) is 0.191. The van der Waals surface area contributed by atoms with Gasteiger partial charge in [-0.25, -0.2) is 5.43 Å². The van der Waals surface area contributed by atoms with Crippen LogP contribution in [0.5, 0.6) is 0 Å². The van der Waals surface area contributed by atoms with Gasteiger partial charge in [0.2, 0.25) is 5.91 Å². The van der Waals surface area contributed by atoms with Gasteiger partial charge in [0.05, 0.1) is 22.7 Å². The number of thioether (sulfide) groups is 1. The van der Waals surface area contributed by atoms with E-state index in [1.807, 2.05) is 77.9 Å². The van der Waals surface area contributed by atoms with E-state index >= 15 is 0 Å². The highest BCUT2D eigenvalue weighted by atomic mass is 35.5. The molecule has 39 heavy (non-hydrogen) atoms. The van der Waals surface area contributed by atoms with E-state index in [4.69, 9.17) is 23.2 Å². The molecular weight excluding hydrogens is 551 g/mol. The Kier molecular flexibility index (Phi) is 8.12. The van der Waals surface area contributed by atoms with E-state index in [-0.39, 0.29) is 17.2 Å². The summed E-state index contributed by atoms with van der Waals surface area (Å²) in [6.45, 7) is 4.50. The Morgan fingerprint density at radius 1 is 1.05 bits per heavy atom. The first-order valence-electron chi connectivity index (χ1n) is 12.3. The minimum atomic E-state index is -0.316. The van der Waals surface area contributed by atoms with Gasteiger partial charge in [0.25, 0.3) is 5.91 Å². The van der Waals surface area contributed by atoms with Crippen LogP contribution >= 0.6 is 35.0 Å². The summed E-state index contributed by atoms with van der Waals surface area (Å²) in [4.78, 5) is 27.2. The van der Waals surface area contributed by atoms with Gasteiger partial charge in [0.1, 0.15) is 5.37 Å². The molecular formula is C30H26Cl2N4O2S. The monoisotopic (exact) mass is 576 g/mol. The van der Waals surface area contributed by atoms with E-state index in [0.717, 1.165) is 33.8 Å². The Hall–Kier alpha value is -3.52. The number of amides is 2. The molecule has 0 saturated carbocycles. The summed E-state index contributed by atoms with van der Waals surface area (Å²) in [6.07, 6.45) is 1.62. The zero-order valence-corrected chi connectivity index (χ0v) is 23.7. The molecule has 3 aromatic carbocycles. The normalized spacial score (nSPS) is 15.3. The molecule has 4 aromatic rings. The maximum Gasteiger partial charge on any atom is 0.271 e. The molecule has 0 spiro atoms. The Labute approximate surface area is 241 Å². The summed E-state index contributed by atoms with van der Waals surface area (Å²) in [6, 6.07) is 24.6. The summed E-state index contributed by atoms with van der Waals surface area (Å²) in [5, 5.41) is 5.22. The zero-order valence-electron chi connectivity index (χ0n) is 21.4. The Balaban J connectivity index is 1.25. The second kappa shape index (κ2) is 11.7. The van der Waals surface area contributed by atoms with Crippen LogP contribution < -0.4 is 5.43 Å². The molecule has 9 heteroatoms. The fraction of sp³-hybridized carbons (Fsp3) is 0.167. The molecule has 1 aliphatic rings. The van der Waals surface area contributed by atoms with Gasteiger partial charge in [-0.05, 0) is 61.4 Å². The van der Waals surface area contributed by atoms with E-state index in [0.29, 0.717) is 27.9 Å². The molecule has 1 aromatic heterocycles. The maximum atomic E-state index is 12.8. The van der Waals surface area contributed by atoms with Crippen LogP contribution in [0.15, 0.2) is 84.0 Å². The molecule has 1 N–H and O–H groups in total. The number of carbonyl (C=O) groups is 2. The van der Waals surface area contributed by atoms with Gasteiger partial charge in [-0.1, -0.05) is 65.7 Å². The fourth-order valence-electron chi connectivity index (χ4n) is 4.66. The molecule has 1 unspecified atom stereocenters. The molecule has 6 nitrogen and oxygen atoms in total. The average Bonchev–Trinajstić information content (AvgIpc) is 3.42. The predicted molar refractivity (Wildman–Crippen MR) is 159 cm³/mol. The molecule has 1 fully saturated rings. The molecule has 198 valence electrons. The topological polar surface area (TPSA) is 66.7 Å². The zero-order chi connectivity index (χ0) is 27.5. The van der Waals surface area contributed by atoms with E-state index in [9.17, 15) is 9.59 Å². The Bertz CT molecular complexity index is 1550. The smallest absolute Gasteiger partial charge is 0.271 e. The van der Waals surface area contributed by atoms with Crippen molar-refractivity contribution in [3.63, 3.8) is 0 Å². The highest BCUT2D eigenvalue weighted by Crippen LogP contribution is 2.39. The lowest BCUT2D eigenvalue weighted by molar-refractivity contribution is -0.128. The van der Waals surface area contributed by atoms with Crippen molar-refractivity contribution in [1.82, 2.24) is 14.9 Å². The highest BCUT2D eigenvalue weighted by molar-refractivity contribution is 8.00. The van der Waals surface area contributed by atoms with Crippen molar-refractivity contribution in [2.75, 3.05) is 5.75 Å². The third kappa shape index (κ3) is 5.91. The van der Waals surface area contributed by atoms with Crippen LogP contribution in [0.4, 0.5) is 0 Å². The van der Waals surface area contributed by atoms with Crippen LogP contribution in [-0.4, -0.2) is 33.2 Å². The Morgan fingerprint density at radius 2 is 1.79 bits per heavy atom. The molecule has 5 rings (SSSR count). The van der Waals surface area contributed by atoms with Crippen LogP contribution in [0, 0.1) is 13.8 Å².